The quantitative estimate of drug-likeness (QED) is 0.694. The molecule has 0 aliphatic carbocycles. The van der Waals surface area contributed by atoms with Gasteiger partial charge in [0.05, 0.1) is 16.3 Å². The van der Waals surface area contributed by atoms with Crippen LogP contribution in [0.25, 0.3) is 21.7 Å². The van der Waals surface area contributed by atoms with Crippen LogP contribution in [-0.4, -0.2) is 10.2 Å². The summed E-state index contributed by atoms with van der Waals surface area (Å²) < 4.78 is 0.844. The Morgan fingerprint density at radius 3 is 2.84 bits per heavy atom. The van der Waals surface area contributed by atoms with Gasteiger partial charge in [-0.25, -0.2) is 0 Å². The standard InChI is InChI=1S/C13H9BrClN3S/c14-8-6-7(3-4-9(8)15)12-11(13(16)18-17-12)10-2-1-5-19-10/h1-6H,(H3,16,17,18). The molecule has 0 aliphatic rings. The highest BCUT2D eigenvalue weighted by Crippen LogP contribution is 2.38. The molecule has 0 aliphatic heterocycles. The third-order valence-electron chi connectivity index (χ3n) is 2.77. The molecule has 0 atom stereocenters. The van der Waals surface area contributed by atoms with Crippen molar-refractivity contribution in [2.45, 2.75) is 0 Å². The second-order valence-electron chi connectivity index (χ2n) is 3.97. The molecule has 3 rings (SSSR count). The number of halogens is 2. The van der Waals surface area contributed by atoms with E-state index in [1.165, 1.54) is 0 Å². The van der Waals surface area contributed by atoms with Crippen molar-refractivity contribution in [3.05, 3.63) is 45.2 Å². The van der Waals surface area contributed by atoms with Crippen LogP contribution in [-0.2, 0) is 0 Å². The lowest BCUT2D eigenvalue weighted by atomic mass is 10.1. The molecule has 0 saturated heterocycles. The number of aromatic nitrogens is 2. The molecule has 0 amide bonds. The first-order chi connectivity index (χ1) is 9.16. The summed E-state index contributed by atoms with van der Waals surface area (Å²) in [5, 5.41) is 9.80. The first-order valence-electron chi connectivity index (χ1n) is 5.50. The molecular formula is C13H9BrClN3S. The fourth-order valence-electron chi connectivity index (χ4n) is 1.89. The second kappa shape index (κ2) is 5.00. The molecule has 19 heavy (non-hydrogen) atoms. The third kappa shape index (κ3) is 2.29. The minimum atomic E-state index is 0.503. The molecule has 2 aromatic heterocycles. The van der Waals surface area contributed by atoms with Crippen molar-refractivity contribution in [1.82, 2.24) is 10.2 Å². The Bertz CT molecular complexity index is 722. The van der Waals surface area contributed by atoms with Gasteiger partial charge >= 0.3 is 0 Å². The van der Waals surface area contributed by atoms with Gasteiger partial charge in [0.25, 0.3) is 0 Å². The summed E-state index contributed by atoms with van der Waals surface area (Å²) in [5.74, 6) is 0.503. The van der Waals surface area contributed by atoms with Gasteiger partial charge in [0, 0.05) is 14.9 Å². The molecule has 0 bridgehead atoms. The van der Waals surface area contributed by atoms with E-state index in [2.05, 4.69) is 26.1 Å². The monoisotopic (exact) mass is 353 g/mol. The average molecular weight is 355 g/mol. The number of anilines is 1. The van der Waals surface area contributed by atoms with Gasteiger partial charge in [-0.1, -0.05) is 23.7 Å². The summed E-state index contributed by atoms with van der Waals surface area (Å²) in [6.45, 7) is 0. The molecule has 0 radical (unpaired) electrons. The van der Waals surface area contributed by atoms with Crippen LogP contribution in [0.5, 0.6) is 0 Å². The molecule has 3 nitrogen and oxygen atoms in total. The molecule has 3 N–H and O–H groups in total. The molecule has 0 spiro atoms. The molecule has 96 valence electrons. The topological polar surface area (TPSA) is 54.7 Å². The molecule has 1 aromatic carbocycles. The molecule has 3 aromatic rings. The van der Waals surface area contributed by atoms with Crippen molar-refractivity contribution in [2.24, 2.45) is 0 Å². The maximum Gasteiger partial charge on any atom is 0.154 e. The number of rotatable bonds is 2. The van der Waals surface area contributed by atoms with E-state index in [-0.39, 0.29) is 0 Å². The lowest BCUT2D eigenvalue weighted by Gasteiger charge is -2.04. The van der Waals surface area contributed by atoms with Gasteiger partial charge in [-0.05, 0) is 39.5 Å². The Morgan fingerprint density at radius 1 is 1.32 bits per heavy atom. The highest BCUT2D eigenvalue weighted by atomic mass is 79.9. The Balaban J connectivity index is 2.18. The highest BCUT2D eigenvalue weighted by Gasteiger charge is 2.16. The predicted molar refractivity (Wildman–Crippen MR) is 84.5 cm³/mol. The van der Waals surface area contributed by atoms with Crippen LogP contribution in [0.1, 0.15) is 0 Å². The fraction of sp³-hybridized carbons (Fsp3) is 0. The number of H-pyrrole nitrogens is 1. The van der Waals surface area contributed by atoms with Crippen molar-refractivity contribution in [2.75, 3.05) is 5.73 Å². The summed E-state index contributed by atoms with van der Waals surface area (Å²) in [6, 6.07) is 9.76. The molecule has 0 fully saturated rings. The smallest absolute Gasteiger partial charge is 0.154 e. The van der Waals surface area contributed by atoms with Crippen LogP contribution in [0.3, 0.4) is 0 Å². The summed E-state index contributed by atoms with van der Waals surface area (Å²) in [7, 11) is 0. The first-order valence-corrected chi connectivity index (χ1v) is 7.55. The van der Waals surface area contributed by atoms with Gasteiger partial charge < -0.3 is 5.73 Å². The molecule has 6 heteroatoms. The Labute approximate surface area is 127 Å². The van der Waals surface area contributed by atoms with E-state index in [1.807, 2.05) is 35.7 Å². The zero-order valence-corrected chi connectivity index (χ0v) is 12.8. The van der Waals surface area contributed by atoms with Crippen molar-refractivity contribution in [3.63, 3.8) is 0 Å². The number of thiophene rings is 1. The Kier molecular flexibility index (Phi) is 3.35. The number of nitrogen functional groups attached to an aromatic ring is 1. The summed E-state index contributed by atoms with van der Waals surface area (Å²) >= 11 is 11.1. The van der Waals surface area contributed by atoms with Crippen molar-refractivity contribution >= 4 is 44.7 Å². The minimum absolute atomic E-state index is 0.503. The van der Waals surface area contributed by atoms with Crippen LogP contribution in [0.4, 0.5) is 5.82 Å². The van der Waals surface area contributed by atoms with Gasteiger partial charge in [0.1, 0.15) is 0 Å². The maximum atomic E-state index is 6.02. The SMILES string of the molecule is Nc1n[nH]c(-c2ccc(Cl)c(Br)c2)c1-c1cccs1. The normalized spacial score (nSPS) is 10.8. The zero-order chi connectivity index (χ0) is 13.4. The van der Waals surface area contributed by atoms with E-state index >= 15 is 0 Å². The van der Waals surface area contributed by atoms with Gasteiger partial charge in [0.2, 0.25) is 0 Å². The number of benzene rings is 1. The van der Waals surface area contributed by atoms with Gasteiger partial charge in [-0.15, -0.1) is 11.3 Å². The number of nitrogens with zero attached hydrogens (tertiary/aromatic N) is 1. The van der Waals surface area contributed by atoms with Crippen molar-refractivity contribution in [3.8, 4) is 21.7 Å². The molecule has 0 saturated carbocycles. The Morgan fingerprint density at radius 2 is 2.16 bits per heavy atom. The summed E-state index contributed by atoms with van der Waals surface area (Å²) in [4.78, 5) is 1.09. The number of nitrogens with two attached hydrogens (primary N) is 1. The lowest BCUT2D eigenvalue weighted by molar-refractivity contribution is 1.10. The van der Waals surface area contributed by atoms with Gasteiger partial charge in [-0.2, -0.15) is 5.10 Å². The molecule has 0 unspecified atom stereocenters. The lowest BCUT2D eigenvalue weighted by Crippen LogP contribution is -1.87. The van der Waals surface area contributed by atoms with Crippen LogP contribution in [0.2, 0.25) is 5.02 Å². The van der Waals surface area contributed by atoms with Crippen LogP contribution in [0, 0.1) is 0 Å². The van der Waals surface area contributed by atoms with Gasteiger partial charge in [0.15, 0.2) is 5.82 Å². The predicted octanol–water partition coefficient (Wildman–Crippen LogP) is 4.80. The van der Waals surface area contributed by atoms with Crippen LogP contribution < -0.4 is 5.73 Å². The van der Waals surface area contributed by atoms with E-state index in [1.54, 1.807) is 11.3 Å². The number of aromatic amines is 1. The molecular weight excluding hydrogens is 346 g/mol. The van der Waals surface area contributed by atoms with E-state index in [9.17, 15) is 0 Å². The van der Waals surface area contributed by atoms with Gasteiger partial charge in [-0.3, -0.25) is 5.10 Å². The average Bonchev–Trinajstić information content (AvgIpc) is 3.01. The highest BCUT2D eigenvalue weighted by molar-refractivity contribution is 9.10. The number of hydrogen-bond acceptors (Lipinski definition) is 3. The number of nitrogens with one attached hydrogen (secondary N) is 1. The number of hydrogen-bond donors (Lipinski definition) is 2. The minimum Gasteiger partial charge on any atom is -0.382 e. The van der Waals surface area contributed by atoms with Crippen LogP contribution >= 0.6 is 38.9 Å². The fourth-order valence-corrected chi connectivity index (χ4v) is 3.17. The first kappa shape index (κ1) is 12.7. The molecule has 2 heterocycles. The van der Waals surface area contributed by atoms with E-state index in [4.69, 9.17) is 17.3 Å². The van der Waals surface area contributed by atoms with Crippen LogP contribution in [0.15, 0.2) is 40.2 Å². The van der Waals surface area contributed by atoms with Crippen molar-refractivity contribution in [1.29, 1.82) is 0 Å². The van der Waals surface area contributed by atoms with E-state index in [0.29, 0.717) is 10.8 Å². The van der Waals surface area contributed by atoms with E-state index < -0.39 is 0 Å². The third-order valence-corrected chi connectivity index (χ3v) is 4.87. The maximum absolute atomic E-state index is 6.02. The second-order valence-corrected chi connectivity index (χ2v) is 6.17. The summed E-state index contributed by atoms with van der Waals surface area (Å²) in [6.07, 6.45) is 0. The largest absolute Gasteiger partial charge is 0.382 e. The van der Waals surface area contributed by atoms with Crippen molar-refractivity contribution < 1.29 is 0 Å². The van der Waals surface area contributed by atoms with E-state index in [0.717, 1.165) is 26.2 Å². The zero-order valence-electron chi connectivity index (χ0n) is 9.65. The Hall–Kier alpha value is -1.30. The summed E-state index contributed by atoms with van der Waals surface area (Å²) in [5.41, 5.74) is 8.79.